The molecule has 0 aliphatic heterocycles. The zero-order chi connectivity index (χ0) is 36.3. The third-order valence-corrected chi connectivity index (χ3v) is 10.0. The van der Waals surface area contributed by atoms with Crippen LogP contribution in [0.5, 0.6) is 0 Å². The standard InChI is InChI=1S/C49H36N2.C2H6/c1-34(36-16-6-3-7-17-36)30-41(31-35(2)37-18-8-4-9-19-37)51-48-25-15-14-23-43(48)46-33-45(42-22-12-13-24-44(42)49(46)51)38-26-27-47-39(32-38)28-29-50(47)40-20-10-5-11-21-40;1-2/h3-33H,1H2,2H3;1-2H3/b35-31+,41-30+;. The fourth-order valence-corrected chi connectivity index (χ4v) is 7.54. The number of benzene rings is 7. The van der Waals surface area contributed by atoms with Crippen molar-refractivity contribution in [1.82, 2.24) is 9.13 Å². The lowest BCUT2D eigenvalue weighted by Gasteiger charge is -2.15. The Morgan fingerprint density at radius 3 is 1.85 bits per heavy atom. The Hall–Kier alpha value is -6.64. The third kappa shape index (κ3) is 6.19. The van der Waals surface area contributed by atoms with Gasteiger partial charge in [-0.3, -0.25) is 0 Å². The van der Waals surface area contributed by atoms with E-state index in [1.54, 1.807) is 0 Å². The van der Waals surface area contributed by atoms with Crippen molar-refractivity contribution >= 4 is 60.3 Å². The smallest absolute Gasteiger partial charge is 0.0619 e. The van der Waals surface area contributed by atoms with Crippen molar-refractivity contribution in [3.63, 3.8) is 0 Å². The second kappa shape index (κ2) is 14.5. The lowest BCUT2D eigenvalue weighted by atomic mass is 9.94. The zero-order valence-corrected chi connectivity index (χ0v) is 30.5. The van der Waals surface area contributed by atoms with Crippen molar-refractivity contribution in [3.8, 4) is 16.8 Å². The van der Waals surface area contributed by atoms with Gasteiger partial charge in [-0.25, -0.2) is 0 Å². The van der Waals surface area contributed by atoms with E-state index in [2.05, 4.69) is 205 Å². The first-order chi connectivity index (χ1) is 26.1. The maximum atomic E-state index is 4.56. The van der Waals surface area contributed by atoms with Crippen LogP contribution >= 0.6 is 0 Å². The molecule has 0 aliphatic rings. The highest BCUT2D eigenvalue weighted by Gasteiger charge is 2.19. The summed E-state index contributed by atoms with van der Waals surface area (Å²) in [6.07, 6.45) is 6.71. The van der Waals surface area contributed by atoms with Gasteiger partial charge in [0, 0.05) is 39.1 Å². The summed E-state index contributed by atoms with van der Waals surface area (Å²) in [6, 6.07) is 60.7. The second-order valence-electron chi connectivity index (χ2n) is 13.2. The quantitative estimate of drug-likeness (QED) is 0.148. The summed E-state index contributed by atoms with van der Waals surface area (Å²) in [5, 5.41) is 6.10. The minimum atomic E-state index is 0.963. The van der Waals surface area contributed by atoms with Crippen LogP contribution in [0.4, 0.5) is 0 Å². The molecule has 0 amide bonds. The summed E-state index contributed by atoms with van der Waals surface area (Å²) >= 11 is 0. The zero-order valence-electron chi connectivity index (χ0n) is 30.5. The molecule has 53 heavy (non-hydrogen) atoms. The normalized spacial score (nSPS) is 12.0. The summed E-state index contributed by atoms with van der Waals surface area (Å²) in [6.45, 7) is 10.8. The van der Waals surface area contributed by atoms with Gasteiger partial charge in [0.15, 0.2) is 0 Å². The molecule has 0 saturated carbocycles. The molecule has 0 radical (unpaired) electrons. The molecule has 256 valence electrons. The van der Waals surface area contributed by atoms with Gasteiger partial charge in [-0.15, -0.1) is 0 Å². The van der Waals surface area contributed by atoms with Gasteiger partial charge in [0.1, 0.15) is 0 Å². The van der Waals surface area contributed by atoms with Crippen LogP contribution in [-0.4, -0.2) is 9.13 Å². The number of fused-ring (bicyclic) bond motifs is 6. The summed E-state index contributed by atoms with van der Waals surface area (Å²) in [4.78, 5) is 0. The molecule has 0 unspecified atom stereocenters. The predicted octanol–water partition coefficient (Wildman–Crippen LogP) is 14.2. The molecule has 0 bridgehead atoms. The van der Waals surface area contributed by atoms with Crippen molar-refractivity contribution in [2.75, 3.05) is 0 Å². The van der Waals surface area contributed by atoms with E-state index in [0.29, 0.717) is 0 Å². The van der Waals surface area contributed by atoms with Crippen LogP contribution in [0.25, 0.3) is 77.1 Å². The predicted molar refractivity (Wildman–Crippen MR) is 230 cm³/mol. The number of aromatic nitrogens is 2. The van der Waals surface area contributed by atoms with Crippen molar-refractivity contribution < 1.29 is 0 Å². The SMILES string of the molecule is C=C(/C=C(\C=C(/C)c1ccccc1)n1c2ccccc2c2cc(-c3ccc4c(ccn4-c4ccccc4)c3)c3ccccc3c21)c1ccccc1.CC. The van der Waals surface area contributed by atoms with E-state index in [4.69, 9.17) is 0 Å². The number of hydrogen-bond donors (Lipinski definition) is 0. The number of rotatable bonds is 7. The molecule has 7 aromatic carbocycles. The number of nitrogens with zero attached hydrogens (tertiary/aromatic N) is 2. The molecule has 0 saturated heterocycles. The third-order valence-electron chi connectivity index (χ3n) is 10.0. The fourth-order valence-electron chi connectivity index (χ4n) is 7.54. The lowest BCUT2D eigenvalue weighted by Crippen LogP contribution is -1.98. The first-order valence-electron chi connectivity index (χ1n) is 18.5. The first kappa shape index (κ1) is 33.5. The Balaban J connectivity index is 0.00000197. The molecule has 0 spiro atoms. The molecule has 2 heteroatoms. The summed E-state index contributed by atoms with van der Waals surface area (Å²) in [5.74, 6) is 0. The Bertz CT molecular complexity index is 2790. The van der Waals surface area contributed by atoms with Crippen molar-refractivity contribution in [3.05, 3.63) is 206 Å². The highest BCUT2D eigenvalue weighted by Crippen LogP contribution is 2.42. The van der Waals surface area contributed by atoms with E-state index >= 15 is 0 Å². The van der Waals surface area contributed by atoms with Crippen molar-refractivity contribution in [1.29, 1.82) is 0 Å². The number of para-hydroxylation sites is 2. The van der Waals surface area contributed by atoms with Gasteiger partial charge >= 0.3 is 0 Å². The van der Waals surface area contributed by atoms with E-state index < -0.39 is 0 Å². The van der Waals surface area contributed by atoms with Gasteiger partial charge in [0.25, 0.3) is 0 Å². The lowest BCUT2D eigenvalue weighted by molar-refractivity contribution is 1.13. The molecule has 9 aromatic rings. The number of hydrogen-bond acceptors (Lipinski definition) is 0. The second-order valence-corrected chi connectivity index (χ2v) is 13.2. The molecule has 2 aromatic heterocycles. The van der Waals surface area contributed by atoms with E-state index in [0.717, 1.165) is 28.0 Å². The number of allylic oxidation sites excluding steroid dienone is 5. The van der Waals surface area contributed by atoms with Crippen molar-refractivity contribution in [2.45, 2.75) is 20.8 Å². The van der Waals surface area contributed by atoms with Gasteiger partial charge in [-0.1, -0.05) is 148 Å². The highest BCUT2D eigenvalue weighted by atomic mass is 15.0. The summed E-state index contributed by atoms with van der Waals surface area (Å²) in [5.41, 5.74) is 12.7. The molecule has 0 N–H and O–H groups in total. The average molecular weight is 683 g/mol. The Morgan fingerprint density at radius 2 is 1.13 bits per heavy atom. The molecular weight excluding hydrogens is 641 g/mol. The molecule has 0 atom stereocenters. The molecular formula is C51H42N2. The molecule has 9 rings (SSSR count). The first-order valence-corrected chi connectivity index (χ1v) is 18.5. The van der Waals surface area contributed by atoms with Crippen molar-refractivity contribution in [2.24, 2.45) is 0 Å². The van der Waals surface area contributed by atoms with E-state index in [1.807, 2.05) is 19.9 Å². The van der Waals surface area contributed by atoms with E-state index in [-0.39, 0.29) is 0 Å². The summed E-state index contributed by atoms with van der Waals surface area (Å²) in [7, 11) is 0. The van der Waals surface area contributed by atoms with Gasteiger partial charge in [-0.2, -0.15) is 0 Å². The Kier molecular flexibility index (Phi) is 9.19. The van der Waals surface area contributed by atoms with Crippen LogP contribution in [-0.2, 0) is 0 Å². The van der Waals surface area contributed by atoms with Crippen LogP contribution < -0.4 is 0 Å². The average Bonchev–Trinajstić information content (AvgIpc) is 3.81. The van der Waals surface area contributed by atoms with Crippen LogP contribution in [0, 0.1) is 0 Å². The maximum Gasteiger partial charge on any atom is 0.0619 e. The largest absolute Gasteiger partial charge is 0.317 e. The molecule has 0 aliphatic carbocycles. The topological polar surface area (TPSA) is 9.86 Å². The summed E-state index contributed by atoms with van der Waals surface area (Å²) < 4.78 is 4.71. The van der Waals surface area contributed by atoms with Gasteiger partial charge < -0.3 is 9.13 Å². The molecule has 0 fully saturated rings. The van der Waals surface area contributed by atoms with E-state index in [9.17, 15) is 0 Å². The van der Waals surface area contributed by atoms with Crippen LogP contribution in [0.2, 0.25) is 0 Å². The van der Waals surface area contributed by atoms with Gasteiger partial charge in [0.05, 0.1) is 16.6 Å². The van der Waals surface area contributed by atoms with Crippen LogP contribution in [0.3, 0.4) is 0 Å². The van der Waals surface area contributed by atoms with E-state index in [1.165, 1.54) is 60.2 Å². The van der Waals surface area contributed by atoms with Gasteiger partial charge in [0.2, 0.25) is 0 Å². The van der Waals surface area contributed by atoms with Crippen LogP contribution in [0.15, 0.2) is 195 Å². The van der Waals surface area contributed by atoms with Crippen LogP contribution in [0.1, 0.15) is 31.9 Å². The fraction of sp³-hybridized carbons (Fsp3) is 0.0588. The minimum absolute atomic E-state index is 0.963. The Morgan fingerprint density at radius 1 is 0.528 bits per heavy atom. The highest BCUT2D eigenvalue weighted by molar-refractivity contribution is 6.23. The maximum absolute atomic E-state index is 4.56. The molecule has 2 heterocycles. The Labute approximate surface area is 311 Å². The molecule has 2 nitrogen and oxygen atoms in total. The minimum Gasteiger partial charge on any atom is -0.317 e. The van der Waals surface area contributed by atoms with Gasteiger partial charge in [-0.05, 0) is 100 Å². The monoisotopic (exact) mass is 682 g/mol.